The quantitative estimate of drug-likeness (QED) is 0.195. The monoisotopic (exact) mass is 575 g/mol. The van der Waals surface area contributed by atoms with Gasteiger partial charge in [-0.3, -0.25) is 9.69 Å². The summed E-state index contributed by atoms with van der Waals surface area (Å²) in [5, 5.41) is 2.03. The van der Waals surface area contributed by atoms with Gasteiger partial charge in [0, 0.05) is 16.7 Å². The Morgan fingerprint density at radius 1 is 0.846 bits per heavy atom. The number of hydrogen-bond acceptors (Lipinski definition) is 8. The first-order valence-electron chi connectivity index (χ1n) is 12.1. The fourth-order valence-corrected chi connectivity index (χ4v) is 7.77. The standard InChI is InChI=1S/C30H25NO5S3/c1-16-10-13-20-21(14-16)31(26(32)19-12-11-17-8-6-7-9-18(17)15-19)30(2,3)25(37)22(20)29-38-23(27(33)35-4)24(39-29)28(34)36-5/h6-15H,1-5H3. The van der Waals surface area contributed by atoms with Crippen LogP contribution in [-0.2, 0) is 19.1 Å². The molecule has 0 aromatic heterocycles. The summed E-state index contributed by atoms with van der Waals surface area (Å²) in [5.41, 5.74) is 2.81. The third-order valence-electron chi connectivity index (χ3n) is 6.75. The van der Waals surface area contributed by atoms with Gasteiger partial charge < -0.3 is 9.47 Å². The number of benzene rings is 3. The summed E-state index contributed by atoms with van der Waals surface area (Å²) in [7, 11) is 2.53. The maximum atomic E-state index is 14.2. The summed E-state index contributed by atoms with van der Waals surface area (Å²) in [6.07, 6.45) is 0. The molecular formula is C30H25NO5S3. The fraction of sp³-hybridized carbons (Fsp3) is 0.200. The van der Waals surface area contributed by atoms with Crippen molar-refractivity contribution in [1.82, 2.24) is 0 Å². The lowest BCUT2D eigenvalue weighted by Gasteiger charge is -2.45. The molecule has 0 aliphatic carbocycles. The zero-order valence-corrected chi connectivity index (χ0v) is 24.4. The Labute approximate surface area is 240 Å². The smallest absolute Gasteiger partial charge is 0.346 e. The highest BCUT2D eigenvalue weighted by molar-refractivity contribution is 8.29. The van der Waals surface area contributed by atoms with E-state index in [0.29, 0.717) is 25.9 Å². The third-order valence-corrected chi connectivity index (χ3v) is 10.0. The van der Waals surface area contributed by atoms with Crippen LogP contribution in [0.4, 0.5) is 5.69 Å². The highest BCUT2D eigenvalue weighted by atomic mass is 32.2. The zero-order chi connectivity index (χ0) is 28.1. The molecule has 0 unspecified atom stereocenters. The molecule has 0 N–H and O–H groups in total. The van der Waals surface area contributed by atoms with Gasteiger partial charge in [0.15, 0.2) is 0 Å². The van der Waals surface area contributed by atoms with Gasteiger partial charge >= 0.3 is 11.9 Å². The van der Waals surface area contributed by atoms with Gasteiger partial charge in [0.25, 0.3) is 5.91 Å². The van der Waals surface area contributed by atoms with Crippen LogP contribution in [0.15, 0.2) is 74.7 Å². The Morgan fingerprint density at radius 2 is 1.46 bits per heavy atom. The summed E-state index contributed by atoms with van der Waals surface area (Å²) >= 11 is 8.34. The van der Waals surface area contributed by atoms with E-state index in [4.69, 9.17) is 21.7 Å². The van der Waals surface area contributed by atoms with E-state index in [0.717, 1.165) is 45.4 Å². The van der Waals surface area contributed by atoms with Gasteiger partial charge in [0.1, 0.15) is 9.81 Å². The first kappa shape index (κ1) is 27.2. The van der Waals surface area contributed by atoms with Gasteiger partial charge in [0.05, 0.1) is 34.5 Å². The van der Waals surface area contributed by atoms with E-state index in [-0.39, 0.29) is 15.7 Å². The Bertz CT molecular complexity index is 1620. The minimum atomic E-state index is -0.901. The molecule has 5 rings (SSSR count). The maximum Gasteiger partial charge on any atom is 0.346 e. The minimum Gasteiger partial charge on any atom is -0.465 e. The van der Waals surface area contributed by atoms with Crippen molar-refractivity contribution in [2.24, 2.45) is 0 Å². The van der Waals surface area contributed by atoms with E-state index in [2.05, 4.69) is 0 Å². The molecule has 39 heavy (non-hydrogen) atoms. The van der Waals surface area contributed by atoms with Crippen molar-refractivity contribution in [1.29, 1.82) is 0 Å². The number of carbonyl (C=O) groups excluding carboxylic acids is 3. The summed E-state index contributed by atoms with van der Waals surface area (Å²) in [6, 6.07) is 19.5. The molecule has 1 amide bonds. The van der Waals surface area contributed by atoms with Crippen molar-refractivity contribution >= 4 is 80.5 Å². The number of fused-ring (bicyclic) bond motifs is 2. The minimum absolute atomic E-state index is 0.154. The molecule has 0 spiro atoms. The van der Waals surface area contributed by atoms with Crippen LogP contribution in [0.25, 0.3) is 16.3 Å². The highest BCUT2D eigenvalue weighted by Gasteiger charge is 2.46. The van der Waals surface area contributed by atoms with Crippen LogP contribution >= 0.6 is 35.7 Å². The van der Waals surface area contributed by atoms with Crippen LogP contribution in [0.5, 0.6) is 0 Å². The average Bonchev–Trinajstić information content (AvgIpc) is 3.37. The highest BCUT2D eigenvalue weighted by Crippen LogP contribution is 2.56. The molecule has 0 atom stereocenters. The number of aryl methyl sites for hydroxylation is 1. The van der Waals surface area contributed by atoms with E-state index in [9.17, 15) is 14.4 Å². The van der Waals surface area contributed by atoms with Crippen molar-refractivity contribution < 1.29 is 23.9 Å². The van der Waals surface area contributed by atoms with Crippen molar-refractivity contribution in [3.05, 3.63) is 91.4 Å². The number of methoxy groups -OCH3 is 2. The number of rotatable bonds is 3. The van der Waals surface area contributed by atoms with Crippen molar-refractivity contribution in [2.75, 3.05) is 19.1 Å². The van der Waals surface area contributed by atoms with Gasteiger partial charge in [-0.2, -0.15) is 0 Å². The Kier molecular flexibility index (Phi) is 7.17. The number of esters is 2. The number of amides is 1. The molecule has 3 aromatic rings. The predicted molar refractivity (Wildman–Crippen MR) is 162 cm³/mol. The van der Waals surface area contributed by atoms with Crippen LogP contribution in [0, 0.1) is 6.92 Å². The topological polar surface area (TPSA) is 72.9 Å². The van der Waals surface area contributed by atoms with Gasteiger partial charge in [-0.15, -0.1) is 0 Å². The average molecular weight is 576 g/mol. The van der Waals surface area contributed by atoms with Crippen molar-refractivity contribution in [3.8, 4) is 0 Å². The molecule has 3 aromatic carbocycles. The molecule has 9 heteroatoms. The summed E-state index contributed by atoms with van der Waals surface area (Å²) in [5.74, 6) is -1.41. The molecule has 2 aliphatic rings. The number of hydrogen-bond donors (Lipinski definition) is 0. The van der Waals surface area contributed by atoms with Crippen LogP contribution < -0.4 is 4.90 Å². The lowest BCUT2D eigenvalue weighted by Crippen LogP contribution is -2.56. The lowest BCUT2D eigenvalue weighted by atomic mass is 9.82. The third kappa shape index (κ3) is 4.58. The predicted octanol–water partition coefficient (Wildman–Crippen LogP) is 6.66. The van der Waals surface area contributed by atoms with Gasteiger partial charge in [-0.05, 0) is 55.3 Å². The molecule has 6 nitrogen and oxygen atoms in total. The SMILES string of the molecule is COC(=O)C1=C(C(=O)OC)SC(=C2C(=S)C(C)(C)N(C(=O)c3ccc4ccccc4c3)c3cc(C)ccc32)S1. The number of nitrogens with zero attached hydrogens (tertiary/aromatic N) is 1. The Balaban J connectivity index is 1.67. The molecule has 198 valence electrons. The van der Waals surface area contributed by atoms with E-state index in [1.165, 1.54) is 14.2 Å². The zero-order valence-electron chi connectivity index (χ0n) is 22.0. The van der Waals surface area contributed by atoms with E-state index >= 15 is 0 Å². The molecule has 2 heterocycles. The number of carbonyl (C=O) groups is 3. The van der Waals surface area contributed by atoms with E-state index in [1.807, 2.05) is 81.4 Å². The molecule has 0 fully saturated rings. The second-order valence-electron chi connectivity index (χ2n) is 9.62. The largest absolute Gasteiger partial charge is 0.465 e. The fourth-order valence-electron chi connectivity index (χ4n) is 4.74. The van der Waals surface area contributed by atoms with Gasteiger partial charge in [-0.1, -0.05) is 78.2 Å². The number of anilines is 1. The molecule has 0 saturated heterocycles. The second-order valence-corrected chi connectivity index (χ2v) is 12.3. The summed E-state index contributed by atoms with van der Waals surface area (Å²) in [4.78, 5) is 41.8. The summed E-state index contributed by atoms with van der Waals surface area (Å²) in [6.45, 7) is 5.80. The van der Waals surface area contributed by atoms with Crippen LogP contribution in [0.1, 0.15) is 35.3 Å². The Morgan fingerprint density at radius 3 is 2.08 bits per heavy atom. The van der Waals surface area contributed by atoms with Crippen molar-refractivity contribution in [3.63, 3.8) is 0 Å². The number of ether oxygens (including phenoxy) is 2. The van der Waals surface area contributed by atoms with Gasteiger partial charge in [0.2, 0.25) is 0 Å². The van der Waals surface area contributed by atoms with E-state index < -0.39 is 17.5 Å². The number of thioether (sulfide) groups is 2. The second kappa shape index (κ2) is 10.3. The summed E-state index contributed by atoms with van der Waals surface area (Å²) < 4.78 is 10.5. The molecular weight excluding hydrogens is 551 g/mol. The van der Waals surface area contributed by atoms with Crippen LogP contribution in [0.3, 0.4) is 0 Å². The Hall–Kier alpha value is -3.40. The van der Waals surface area contributed by atoms with E-state index in [1.54, 1.807) is 4.90 Å². The number of thiocarbonyl (C=S) groups is 1. The molecule has 2 aliphatic heterocycles. The molecule has 0 radical (unpaired) electrons. The maximum absolute atomic E-state index is 14.2. The van der Waals surface area contributed by atoms with Crippen molar-refractivity contribution in [2.45, 2.75) is 26.3 Å². The first-order valence-corrected chi connectivity index (χ1v) is 14.1. The molecule has 0 saturated carbocycles. The van der Waals surface area contributed by atoms with Gasteiger partial charge in [-0.25, -0.2) is 9.59 Å². The van der Waals surface area contributed by atoms with Crippen LogP contribution in [0.2, 0.25) is 0 Å². The lowest BCUT2D eigenvalue weighted by molar-refractivity contribution is -0.138. The van der Waals surface area contributed by atoms with Crippen LogP contribution in [-0.4, -0.2) is 42.5 Å². The normalized spacial score (nSPS) is 16.4. The molecule has 0 bridgehead atoms. The first-order chi connectivity index (χ1) is 18.6.